The minimum atomic E-state index is -0.347. The maximum absolute atomic E-state index is 11.9. The van der Waals surface area contributed by atoms with E-state index in [0.29, 0.717) is 16.4 Å². The smallest absolute Gasteiger partial charge is 0.323 e. The fourth-order valence-electron chi connectivity index (χ4n) is 1.74. The first kappa shape index (κ1) is 15.2. The first-order valence-corrected chi connectivity index (χ1v) is 7.01. The maximum Gasteiger partial charge on any atom is 0.323 e. The van der Waals surface area contributed by atoms with Gasteiger partial charge < -0.3 is 15.4 Å². The maximum atomic E-state index is 11.9. The Bertz CT molecular complexity index is 612. The Hall–Kier alpha value is -2.20. The SMILES string of the molecule is CC(C)Oc1ccc(NC(=O)Nc2ccccc2Cl)cc1. The number of urea groups is 1. The third-order valence-electron chi connectivity index (χ3n) is 2.61. The molecule has 0 unspecified atom stereocenters. The highest BCUT2D eigenvalue weighted by atomic mass is 35.5. The number of ether oxygens (including phenoxy) is 1. The van der Waals surface area contributed by atoms with Gasteiger partial charge in [0.15, 0.2) is 0 Å². The summed E-state index contributed by atoms with van der Waals surface area (Å²) in [5, 5.41) is 5.92. The molecule has 0 radical (unpaired) electrons. The second-order valence-electron chi connectivity index (χ2n) is 4.75. The van der Waals surface area contributed by atoms with Crippen LogP contribution >= 0.6 is 11.6 Å². The molecule has 0 spiro atoms. The number of halogens is 1. The van der Waals surface area contributed by atoms with Gasteiger partial charge in [-0.2, -0.15) is 0 Å². The van der Waals surface area contributed by atoms with E-state index in [0.717, 1.165) is 5.75 Å². The largest absolute Gasteiger partial charge is 0.491 e. The van der Waals surface area contributed by atoms with Crippen LogP contribution in [0.4, 0.5) is 16.2 Å². The Kier molecular flexibility index (Phi) is 5.06. The van der Waals surface area contributed by atoms with E-state index < -0.39 is 0 Å². The molecule has 110 valence electrons. The van der Waals surface area contributed by atoms with Crippen LogP contribution in [0, 0.1) is 0 Å². The summed E-state index contributed by atoms with van der Waals surface area (Å²) in [6, 6.07) is 13.9. The normalized spacial score (nSPS) is 10.3. The summed E-state index contributed by atoms with van der Waals surface area (Å²) in [6.07, 6.45) is 0.118. The van der Waals surface area contributed by atoms with Crippen molar-refractivity contribution in [3.05, 3.63) is 53.6 Å². The number of amides is 2. The molecular formula is C16H17ClN2O2. The quantitative estimate of drug-likeness (QED) is 0.854. The van der Waals surface area contributed by atoms with E-state index >= 15 is 0 Å². The molecule has 0 aliphatic rings. The highest BCUT2D eigenvalue weighted by Crippen LogP contribution is 2.21. The van der Waals surface area contributed by atoms with E-state index in [1.165, 1.54) is 0 Å². The zero-order valence-electron chi connectivity index (χ0n) is 11.9. The zero-order valence-corrected chi connectivity index (χ0v) is 12.6. The molecule has 2 aromatic rings. The summed E-state index contributed by atoms with van der Waals surface area (Å²) in [5.74, 6) is 0.766. The number of anilines is 2. The molecule has 0 bridgehead atoms. The zero-order chi connectivity index (χ0) is 15.2. The third kappa shape index (κ3) is 4.68. The van der Waals surface area contributed by atoms with Crippen LogP contribution in [-0.2, 0) is 0 Å². The molecular weight excluding hydrogens is 288 g/mol. The molecule has 2 rings (SSSR count). The molecule has 5 heteroatoms. The fraction of sp³-hybridized carbons (Fsp3) is 0.188. The lowest BCUT2D eigenvalue weighted by atomic mass is 10.3. The summed E-state index contributed by atoms with van der Waals surface area (Å²) in [5.41, 5.74) is 1.24. The van der Waals surface area contributed by atoms with E-state index in [2.05, 4.69) is 10.6 Å². The molecule has 0 aliphatic carbocycles. The Balaban J connectivity index is 1.95. The van der Waals surface area contributed by atoms with Gasteiger partial charge in [0.25, 0.3) is 0 Å². The van der Waals surface area contributed by atoms with Crippen molar-refractivity contribution < 1.29 is 9.53 Å². The highest BCUT2D eigenvalue weighted by molar-refractivity contribution is 6.33. The molecule has 21 heavy (non-hydrogen) atoms. The molecule has 0 aromatic heterocycles. The van der Waals surface area contributed by atoms with Gasteiger partial charge in [-0.25, -0.2) is 4.79 Å². The number of rotatable bonds is 4. The number of carbonyl (C=O) groups excluding carboxylic acids is 1. The van der Waals surface area contributed by atoms with Crippen LogP contribution in [0.3, 0.4) is 0 Å². The summed E-state index contributed by atoms with van der Waals surface area (Å²) >= 11 is 5.98. The van der Waals surface area contributed by atoms with E-state index in [4.69, 9.17) is 16.3 Å². The molecule has 0 saturated heterocycles. The molecule has 0 heterocycles. The topological polar surface area (TPSA) is 50.4 Å². The summed E-state index contributed by atoms with van der Waals surface area (Å²) in [6.45, 7) is 3.92. The van der Waals surface area contributed by atoms with Crippen molar-refractivity contribution in [2.45, 2.75) is 20.0 Å². The Morgan fingerprint density at radius 1 is 1.05 bits per heavy atom. The van der Waals surface area contributed by atoms with Gasteiger partial charge in [-0.3, -0.25) is 0 Å². The van der Waals surface area contributed by atoms with Gasteiger partial charge in [-0.1, -0.05) is 23.7 Å². The first-order chi connectivity index (χ1) is 10.0. The first-order valence-electron chi connectivity index (χ1n) is 6.64. The van der Waals surface area contributed by atoms with Gasteiger partial charge in [0.1, 0.15) is 5.75 Å². The summed E-state index contributed by atoms with van der Waals surface area (Å²) in [4.78, 5) is 11.9. The van der Waals surface area contributed by atoms with Crippen molar-refractivity contribution in [2.24, 2.45) is 0 Å². The van der Waals surface area contributed by atoms with Crippen LogP contribution in [0.25, 0.3) is 0 Å². The predicted octanol–water partition coefficient (Wildman–Crippen LogP) is 4.77. The van der Waals surface area contributed by atoms with Gasteiger partial charge in [0, 0.05) is 5.69 Å². The molecule has 0 aliphatic heterocycles. The standard InChI is InChI=1S/C16H17ClN2O2/c1-11(2)21-13-9-7-12(8-10-13)18-16(20)19-15-6-4-3-5-14(15)17/h3-11H,1-2H3,(H2,18,19,20). The van der Waals surface area contributed by atoms with Crippen molar-refractivity contribution >= 4 is 29.0 Å². The van der Waals surface area contributed by atoms with Gasteiger partial charge in [0.2, 0.25) is 0 Å². The average molecular weight is 305 g/mol. The van der Waals surface area contributed by atoms with Crippen molar-refractivity contribution in [1.82, 2.24) is 0 Å². The van der Waals surface area contributed by atoms with Crippen LogP contribution in [0.5, 0.6) is 5.75 Å². The number of hydrogen-bond acceptors (Lipinski definition) is 2. The van der Waals surface area contributed by atoms with Crippen molar-refractivity contribution in [3.63, 3.8) is 0 Å². The van der Waals surface area contributed by atoms with Gasteiger partial charge in [0.05, 0.1) is 16.8 Å². The van der Waals surface area contributed by atoms with E-state index in [1.807, 2.05) is 26.0 Å². The van der Waals surface area contributed by atoms with Crippen LogP contribution in [0.1, 0.15) is 13.8 Å². The second-order valence-corrected chi connectivity index (χ2v) is 5.16. The molecule has 0 fully saturated rings. The highest BCUT2D eigenvalue weighted by Gasteiger charge is 2.05. The molecule has 4 nitrogen and oxygen atoms in total. The fourth-order valence-corrected chi connectivity index (χ4v) is 1.92. The van der Waals surface area contributed by atoms with Crippen LogP contribution in [0.2, 0.25) is 5.02 Å². The van der Waals surface area contributed by atoms with E-state index in [9.17, 15) is 4.79 Å². The lowest BCUT2D eigenvalue weighted by Crippen LogP contribution is -2.19. The van der Waals surface area contributed by atoms with Gasteiger partial charge in [-0.15, -0.1) is 0 Å². The molecule has 0 atom stereocenters. The molecule has 2 amide bonds. The monoisotopic (exact) mass is 304 g/mol. The van der Waals surface area contributed by atoms with E-state index in [1.54, 1.807) is 36.4 Å². The Labute approximate surface area is 129 Å². The van der Waals surface area contributed by atoms with Crippen molar-refractivity contribution in [1.29, 1.82) is 0 Å². The Morgan fingerprint density at radius 2 is 1.71 bits per heavy atom. The minimum absolute atomic E-state index is 0.118. The van der Waals surface area contributed by atoms with Crippen LogP contribution < -0.4 is 15.4 Å². The number of carbonyl (C=O) groups is 1. The Morgan fingerprint density at radius 3 is 2.33 bits per heavy atom. The summed E-state index contributed by atoms with van der Waals surface area (Å²) in [7, 11) is 0. The van der Waals surface area contributed by atoms with Gasteiger partial charge in [-0.05, 0) is 50.2 Å². The molecule has 2 aromatic carbocycles. The van der Waals surface area contributed by atoms with Crippen molar-refractivity contribution in [3.8, 4) is 5.75 Å². The van der Waals surface area contributed by atoms with E-state index in [-0.39, 0.29) is 12.1 Å². The average Bonchev–Trinajstić information content (AvgIpc) is 2.43. The number of hydrogen-bond donors (Lipinski definition) is 2. The number of benzene rings is 2. The minimum Gasteiger partial charge on any atom is -0.491 e. The second kappa shape index (κ2) is 6.99. The van der Waals surface area contributed by atoms with Crippen molar-refractivity contribution in [2.75, 3.05) is 10.6 Å². The third-order valence-corrected chi connectivity index (χ3v) is 2.94. The van der Waals surface area contributed by atoms with Crippen LogP contribution in [0.15, 0.2) is 48.5 Å². The number of para-hydroxylation sites is 1. The summed E-state index contributed by atoms with van der Waals surface area (Å²) < 4.78 is 5.54. The molecule has 2 N–H and O–H groups in total. The van der Waals surface area contributed by atoms with Gasteiger partial charge >= 0.3 is 6.03 Å². The molecule has 0 saturated carbocycles. The lowest BCUT2D eigenvalue weighted by Gasteiger charge is -2.11. The number of nitrogens with one attached hydrogen (secondary N) is 2. The predicted molar refractivity (Wildman–Crippen MR) is 86.3 cm³/mol. The van der Waals surface area contributed by atoms with Crippen LogP contribution in [-0.4, -0.2) is 12.1 Å². The lowest BCUT2D eigenvalue weighted by molar-refractivity contribution is 0.242.